The van der Waals surface area contributed by atoms with Gasteiger partial charge in [-0.1, -0.05) is 0 Å². The Labute approximate surface area is 149 Å². The first-order chi connectivity index (χ1) is 11.4. The van der Waals surface area contributed by atoms with Crippen molar-refractivity contribution in [3.05, 3.63) is 52.3 Å². The number of amides is 1. The van der Waals surface area contributed by atoms with Crippen LogP contribution in [0.25, 0.3) is 0 Å². The molecule has 0 bridgehead atoms. The molecule has 1 aliphatic carbocycles. The molecule has 1 aliphatic heterocycles. The second-order valence-electron chi connectivity index (χ2n) is 5.41. The van der Waals surface area contributed by atoms with Gasteiger partial charge in [0, 0.05) is 60.2 Å². The van der Waals surface area contributed by atoms with Gasteiger partial charge < -0.3 is 19.5 Å². The minimum absolute atomic E-state index is 0.285. The minimum atomic E-state index is -0.954. The van der Waals surface area contributed by atoms with Crippen LogP contribution in [-0.2, 0) is 19.1 Å². The Balaban J connectivity index is 2.51. The van der Waals surface area contributed by atoms with E-state index in [1.807, 2.05) is 30.7 Å². The second-order valence-corrected chi connectivity index (χ2v) is 6.27. The van der Waals surface area contributed by atoms with Gasteiger partial charge in [-0.05, 0) is 7.11 Å². The summed E-state index contributed by atoms with van der Waals surface area (Å²) >= 11 is 3.54. The Morgan fingerprint density at radius 3 is 2.62 bits per heavy atom. The number of rotatable bonds is 4. The van der Waals surface area contributed by atoms with Crippen molar-refractivity contribution in [1.82, 2.24) is 4.90 Å². The first-order valence-electron chi connectivity index (χ1n) is 7.28. The summed E-state index contributed by atoms with van der Waals surface area (Å²) < 4.78 is 10.1. The molecule has 6 nitrogen and oxygen atoms in total. The number of halogens is 1. The molecule has 0 aromatic heterocycles. The van der Waals surface area contributed by atoms with Crippen LogP contribution in [0.4, 0.5) is 0 Å². The van der Waals surface area contributed by atoms with Gasteiger partial charge in [0.25, 0.3) is 0 Å². The Morgan fingerprint density at radius 2 is 2.08 bits per heavy atom. The van der Waals surface area contributed by atoms with Crippen LogP contribution in [0.3, 0.4) is 0 Å². The molecular formula is C17H18BrNO5. The molecule has 1 heterocycles. The number of hydrogen-bond acceptors (Lipinski definition) is 5. The third-order valence-corrected chi connectivity index (χ3v) is 5.06. The number of carbonyl (C=O) groups is 2. The molecule has 0 aromatic carbocycles. The van der Waals surface area contributed by atoms with Crippen molar-refractivity contribution in [3.63, 3.8) is 0 Å². The molecule has 0 spiro atoms. The van der Waals surface area contributed by atoms with E-state index in [0.29, 0.717) is 6.54 Å². The van der Waals surface area contributed by atoms with Gasteiger partial charge in [-0.2, -0.15) is 0 Å². The molecule has 0 saturated carbocycles. The summed E-state index contributed by atoms with van der Waals surface area (Å²) in [6, 6.07) is 0. The summed E-state index contributed by atoms with van der Waals surface area (Å²) in [6.07, 6.45) is 9.40. The molecule has 0 radical (unpaired) electrons. The number of methoxy groups -OCH3 is 2. The number of likely N-dealkylation sites (tertiary alicyclic amines) is 1. The van der Waals surface area contributed by atoms with E-state index in [4.69, 9.17) is 9.47 Å². The lowest BCUT2D eigenvalue weighted by Gasteiger charge is -2.22. The van der Waals surface area contributed by atoms with E-state index < -0.39 is 23.8 Å². The molecular weight excluding hydrogens is 378 g/mol. The first kappa shape index (κ1) is 18.2. The monoisotopic (exact) mass is 395 g/mol. The Hall–Kier alpha value is -2.15. The molecule has 0 aromatic rings. The van der Waals surface area contributed by atoms with Gasteiger partial charge in [0.15, 0.2) is 0 Å². The highest BCUT2D eigenvalue weighted by Crippen LogP contribution is 2.40. The predicted molar refractivity (Wildman–Crippen MR) is 89.2 cm³/mol. The fourth-order valence-electron chi connectivity index (χ4n) is 2.82. The summed E-state index contributed by atoms with van der Waals surface area (Å²) in [5.41, 5.74) is 0.594. The molecule has 1 amide bonds. The SMILES string of the molecule is COC(=O)C(=C([O-])OC)[C@@H]1C(=O)N(C)C[C@@H]1/C(Br)=C1\C=CC=C[CH+]1. The summed E-state index contributed by atoms with van der Waals surface area (Å²) in [4.78, 5) is 26.2. The van der Waals surface area contributed by atoms with E-state index in [1.165, 1.54) is 19.1 Å². The first-order valence-corrected chi connectivity index (χ1v) is 8.07. The second kappa shape index (κ2) is 7.61. The van der Waals surface area contributed by atoms with Gasteiger partial charge >= 0.3 is 5.97 Å². The van der Waals surface area contributed by atoms with E-state index in [1.54, 1.807) is 7.05 Å². The molecule has 2 rings (SSSR count). The lowest BCUT2D eigenvalue weighted by molar-refractivity contribution is -0.355. The summed E-state index contributed by atoms with van der Waals surface area (Å²) in [5.74, 6) is -3.37. The normalized spacial score (nSPS) is 26.0. The maximum Gasteiger partial charge on any atom is 0.336 e. The molecule has 2 aliphatic rings. The Morgan fingerprint density at radius 1 is 1.38 bits per heavy atom. The van der Waals surface area contributed by atoms with Crippen LogP contribution in [0.15, 0.2) is 45.9 Å². The largest absolute Gasteiger partial charge is 0.616 e. The maximum atomic E-state index is 12.6. The summed E-state index contributed by atoms with van der Waals surface area (Å²) in [7, 11) is 3.96. The van der Waals surface area contributed by atoms with Crippen molar-refractivity contribution in [2.75, 3.05) is 27.8 Å². The molecule has 24 heavy (non-hydrogen) atoms. The number of carbonyl (C=O) groups excluding carboxylic acids is 2. The van der Waals surface area contributed by atoms with Gasteiger partial charge in [-0.15, -0.1) is 0 Å². The third-order valence-electron chi connectivity index (χ3n) is 4.01. The highest BCUT2D eigenvalue weighted by Gasteiger charge is 2.47. The zero-order valence-corrected chi connectivity index (χ0v) is 15.2. The average molecular weight is 396 g/mol. The van der Waals surface area contributed by atoms with Gasteiger partial charge in [0.2, 0.25) is 5.91 Å². The molecule has 2 atom stereocenters. The number of esters is 1. The Bertz CT molecular complexity index is 662. The van der Waals surface area contributed by atoms with Crippen LogP contribution in [0.1, 0.15) is 0 Å². The number of hydrogen-bond donors (Lipinski definition) is 0. The van der Waals surface area contributed by atoms with Crippen LogP contribution in [0.5, 0.6) is 0 Å². The third kappa shape index (κ3) is 3.36. The number of nitrogens with zero attached hydrogens (tertiary/aromatic N) is 1. The summed E-state index contributed by atoms with van der Waals surface area (Å²) in [5, 5.41) is 12.1. The molecule has 0 unspecified atom stereocenters. The predicted octanol–water partition coefficient (Wildman–Crippen LogP) is 1.06. The van der Waals surface area contributed by atoms with Crippen LogP contribution < -0.4 is 5.11 Å². The van der Waals surface area contributed by atoms with Gasteiger partial charge in [0.1, 0.15) is 5.57 Å². The van der Waals surface area contributed by atoms with Crippen molar-refractivity contribution in [1.29, 1.82) is 0 Å². The lowest BCUT2D eigenvalue weighted by Crippen LogP contribution is -2.31. The number of allylic oxidation sites excluding steroid dienone is 5. The van der Waals surface area contributed by atoms with E-state index in [9.17, 15) is 14.7 Å². The zero-order valence-electron chi connectivity index (χ0n) is 13.6. The highest BCUT2D eigenvalue weighted by molar-refractivity contribution is 9.11. The quantitative estimate of drug-likeness (QED) is 0.307. The van der Waals surface area contributed by atoms with E-state index >= 15 is 0 Å². The summed E-state index contributed by atoms with van der Waals surface area (Å²) in [6.45, 7) is 0.371. The zero-order chi connectivity index (χ0) is 17.9. The van der Waals surface area contributed by atoms with Crippen LogP contribution in [0.2, 0.25) is 0 Å². The highest BCUT2D eigenvalue weighted by atomic mass is 79.9. The fraction of sp³-hybridized carbons (Fsp3) is 0.353. The van der Waals surface area contributed by atoms with Crippen molar-refractivity contribution in [3.8, 4) is 0 Å². The van der Waals surface area contributed by atoms with Crippen LogP contribution >= 0.6 is 15.9 Å². The maximum absolute atomic E-state index is 12.6. The average Bonchev–Trinajstić information content (AvgIpc) is 2.90. The lowest BCUT2D eigenvalue weighted by atomic mass is 9.86. The number of ether oxygens (including phenoxy) is 2. The van der Waals surface area contributed by atoms with Crippen molar-refractivity contribution >= 4 is 27.8 Å². The minimum Gasteiger partial charge on any atom is -0.616 e. The smallest absolute Gasteiger partial charge is 0.336 e. The van der Waals surface area contributed by atoms with Crippen molar-refractivity contribution in [2.45, 2.75) is 0 Å². The van der Waals surface area contributed by atoms with Crippen molar-refractivity contribution in [2.24, 2.45) is 11.8 Å². The molecule has 1 saturated heterocycles. The van der Waals surface area contributed by atoms with Crippen LogP contribution in [-0.4, -0.2) is 44.6 Å². The van der Waals surface area contributed by atoms with Gasteiger partial charge in [0.05, 0.1) is 34.9 Å². The van der Waals surface area contributed by atoms with E-state index in [-0.39, 0.29) is 11.5 Å². The Kier molecular flexibility index (Phi) is 5.77. The van der Waals surface area contributed by atoms with Gasteiger partial charge in [-0.3, -0.25) is 4.79 Å². The molecule has 0 N–H and O–H groups in total. The van der Waals surface area contributed by atoms with E-state index in [0.717, 1.165) is 10.1 Å². The van der Waals surface area contributed by atoms with Crippen LogP contribution in [0, 0.1) is 18.3 Å². The topological polar surface area (TPSA) is 78.9 Å². The standard InChI is InChI=1S/C17H18BrNO5/c1-19-9-11(14(18)10-7-5-4-6-8-10)12(15(19)20)13(16(21)23-2)17(22)24-3/h4-8,11-12H,9H2,1-3H3/t11-,12+/m0/s1. The fourth-order valence-corrected chi connectivity index (χ4v) is 3.49. The van der Waals surface area contributed by atoms with E-state index in [2.05, 4.69) is 15.9 Å². The molecule has 7 heteroatoms. The van der Waals surface area contributed by atoms with Crippen molar-refractivity contribution < 1.29 is 24.2 Å². The van der Waals surface area contributed by atoms with Gasteiger partial charge in [-0.25, -0.2) is 4.79 Å². The molecule has 128 valence electrons. The molecule has 1 fully saturated rings.